The average Bonchev–Trinajstić information content (AvgIpc) is 2.09. The fourth-order valence-corrected chi connectivity index (χ4v) is 0.745. The lowest BCUT2D eigenvalue weighted by Crippen LogP contribution is -1.77. The van der Waals surface area contributed by atoms with Crippen LogP contribution >= 0.6 is 0 Å². The van der Waals surface area contributed by atoms with E-state index in [1.807, 2.05) is 0 Å². The van der Waals surface area contributed by atoms with Crippen LogP contribution in [0.25, 0.3) is 10.4 Å². The Morgan fingerprint density at radius 2 is 2.00 bits per heavy atom. The van der Waals surface area contributed by atoms with Gasteiger partial charge in [0, 0.05) is 10.6 Å². The zero-order chi connectivity index (χ0) is 8.81. The highest BCUT2D eigenvalue weighted by molar-refractivity contribution is 5.79. The Labute approximate surface area is 68.6 Å². The number of oxime groups is 1. The Morgan fingerprint density at radius 3 is 2.50 bits per heavy atom. The molecular weight excluding hydrogens is 156 g/mol. The van der Waals surface area contributed by atoms with E-state index in [0.29, 0.717) is 5.69 Å². The third-order valence-corrected chi connectivity index (χ3v) is 1.26. The number of azide groups is 1. The van der Waals surface area contributed by atoms with E-state index < -0.39 is 0 Å². The molecule has 0 unspecified atom stereocenters. The fraction of sp³-hybridized carbons (Fsp3) is 0. The van der Waals surface area contributed by atoms with Gasteiger partial charge in [-0.15, -0.1) is 0 Å². The van der Waals surface area contributed by atoms with E-state index in [4.69, 9.17) is 10.7 Å². The van der Waals surface area contributed by atoms with Gasteiger partial charge in [0.2, 0.25) is 0 Å². The van der Waals surface area contributed by atoms with Crippen LogP contribution in [-0.4, -0.2) is 11.4 Å². The molecule has 12 heavy (non-hydrogen) atoms. The summed E-state index contributed by atoms with van der Waals surface area (Å²) in [5, 5.41) is 14.4. The van der Waals surface area contributed by atoms with Gasteiger partial charge in [-0.1, -0.05) is 34.5 Å². The van der Waals surface area contributed by atoms with Gasteiger partial charge in [0.15, 0.2) is 0 Å². The number of rotatable bonds is 2. The zero-order valence-electron chi connectivity index (χ0n) is 6.12. The molecule has 0 bridgehead atoms. The smallest absolute Gasteiger partial charge is 0.0733 e. The van der Waals surface area contributed by atoms with Crippen LogP contribution in [0.1, 0.15) is 5.56 Å². The fourth-order valence-electron chi connectivity index (χ4n) is 0.745. The van der Waals surface area contributed by atoms with Gasteiger partial charge in [-0.2, -0.15) is 0 Å². The minimum atomic E-state index is 0.535. The van der Waals surface area contributed by atoms with Crippen molar-refractivity contribution in [2.24, 2.45) is 10.3 Å². The van der Waals surface area contributed by atoms with Gasteiger partial charge >= 0.3 is 0 Å². The van der Waals surface area contributed by atoms with Crippen molar-refractivity contribution in [3.05, 3.63) is 40.3 Å². The summed E-state index contributed by atoms with van der Waals surface area (Å²) in [6.45, 7) is 0. The Morgan fingerprint density at radius 1 is 1.33 bits per heavy atom. The van der Waals surface area contributed by atoms with E-state index in [2.05, 4.69) is 15.2 Å². The number of hydrogen-bond acceptors (Lipinski definition) is 3. The third-order valence-electron chi connectivity index (χ3n) is 1.26. The second-order valence-electron chi connectivity index (χ2n) is 2.03. The molecule has 0 aliphatic rings. The van der Waals surface area contributed by atoms with Crippen molar-refractivity contribution >= 4 is 11.9 Å². The Kier molecular flexibility index (Phi) is 2.70. The molecule has 0 radical (unpaired) electrons. The summed E-state index contributed by atoms with van der Waals surface area (Å²) in [6.07, 6.45) is 1.29. The first-order valence-corrected chi connectivity index (χ1v) is 3.19. The van der Waals surface area contributed by atoms with Crippen LogP contribution in [0.2, 0.25) is 0 Å². The number of hydrogen-bond donors (Lipinski definition) is 1. The molecule has 0 aliphatic carbocycles. The molecule has 0 spiro atoms. The molecule has 0 aliphatic heterocycles. The predicted octanol–water partition coefficient (Wildman–Crippen LogP) is 2.44. The van der Waals surface area contributed by atoms with Crippen molar-refractivity contribution in [2.75, 3.05) is 0 Å². The van der Waals surface area contributed by atoms with Crippen LogP contribution in [0, 0.1) is 0 Å². The Balaban J connectivity index is 2.92. The molecule has 0 fully saturated rings. The summed E-state index contributed by atoms with van der Waals surface area (Å²) in [5.41, 5.74) is 9.36. The lowest BCUT2D eigenvalue weighted by Gasteiger charge is -1.91. The normalized spacial score (nSPS) is 9.67. The molecule has 0 heterocycles. The van der Waals surface area contributed by atoms with Crippen LogP contribution in [0.15, 0.2) is 34.5 Å². The second-order valence-corrected chi connectivity index (χ2v) is 2.03. The Hall–Kier alpha value is -2.00. The van der Waals surface area contributed by atoms with Crippen LogP contribution in [0.4, 0.5) is 5.69 Å². The SMILES string of the molecule is [N-]=[N+]=Nc1ccc(C=NO)cc1. The van der Waals surface area contributed by atoms with Gasteiger partial charge in [-0.25, -0.2) is 0 Å². The average molecular weight is 162 g/mol. The zero-order valence-corrected chi connectivity index (χ0v) is 6.12. The predicted molar refractivity (Wildman–Crippen MR) is 44.6 cm³/mol. The largest absolute Gasteiger partial charge is 0.411 e. The van der Waals surface area contributed by atoms with Crippen LogP contribution in [0.3, 0.4) is 0 Å². The van der Waals surface area contributed by atoms with Crippen LogP contribution in [-0.2, 0) is 0 Å². The van der Waals surface area contributed by atoms with Gasteiger partial charge in [0.05, 0.1) is 6.21 Å². The highest BCUT2D eigenvalue weighted by Gasteiger charge is 1.88. The standard InChI is InChI=1S/C7H6N4O/c8-11-10-7-3-1-6(2-4-7)5-9-12/h1-5,12H. The molecule has 1 N–H and O–H groups in total. The highest BCUT2D eigenvalue weighted by atomic mass is 16.4. The van der Waals surface area contributed by atoms with Gasteiger partial charge in [-0.05, 0) is 11.1 Å². The maximum Gasteiger partial charge on any atom is 0.0733 e. The molecule has 0 aromatic heterocycles. The molecule has 0 saturated carbocycles. The summed E-state index contributed by atoms with van der Waals surface area (Å²) in [4.78, 5) is 2.62. The lowest BCUT2D eigenvalue weighted by molar-refractivity contribution is 0.322. The van der Waals surface area contributed by atoms with Crippen LogP contribution in [0.5, 0.6) is 0 Å². The summed E-state index contributed by atoms with van der Waals surface area (Å²) in [5.74, 6) is 0. The van der Waals surface area contributed by atoms with Gasteiger partial charge in [-0.3, -0.25) is 0 Å². The maximum atomic E-state index is 8.18. The minimum Gasteiger partial charge on any atom is -0.411 e. The lowest BCUT2D eigenvalue weighted by atomic mass is 10.2. The Bertz CT molecular complexity index is 324. The third kappa shape index (κ3) is 2.00. The molecule has 1 aromatic carbocycles. The molecule has 0 amide bonds. The summed E-state index contributed by atoms with van der Waals surface area (Å²) in [6, 6.07) is 6.64. The van der Waals surface area contributed by atoms with Gasteiger partial charge in [0.1, 0.15) is 0 Å². The molecule has 1 aromatic rings. The quantitative estimate of drug-likeness (QED) is 0.178. The van der Waals surface area contributed by atoms with Crippen molar-refractivity contribution < 1.29 is 5.21 Å². The monoisotopic (exact) mass is 162 g/mol. The topological polar surface area (TPSA) is 81.4 Å². The summed E-state index contributed by atoms with van der Waals surface area (Å²) in [7, 11) is 0. The first-order chi connectivity index (χ1) is 5.86. The molecule has 0 atom stereocenters. The number of benzene rings is 1. The first kappa shape index (κ1) is 8.10. The summed E-state index contributed by atoms with van der Waals surface area (Å²) >= 11 is 0. The van der Waals surface area contributed by atoms with Crippen molar-refractivity contribution in [2.45, 2.75) is 0 Å². The van der Waals surface area contributed by atoms with Crippen molar-refractivity contribution in [1.82, 2.24) is 0 Å². The van der Waals surface area contributed by atoms with E-state index in [1.165, 1.54) is 6.21 Å². The van der Waals surface area contributed by atoms with Gasteiger partial charge < -0.3 is 5.21 Å². The minimum absolute atomic E-state index is 0.535. The summed E-state index contributed by atoms with van der Waals surface area (Å²) < 4.78 is 0. The molecule has 0 saturated heterocycles. The van der Waals surface area contributed by atoms with Crippen molar-refractivity contribution in [3.8, 4) is 0 Å². The van der Waals surface area contributed by atoms with Gasteiger partial charge in [0.25, 0.3) is 0 Å². The maximum absolute atomic E-state index is 8.18. The van der Waals surface area contributed by atoms with E-state index in [1.54, 1.807) is 24.3 Å². The molecule has 5 nitrogen and oxygen atoms in total. The molecular formula is C7H6N4O. The van der Waals surface area contributed by atoms with E-state index >= 15 is 0 Å². The number of nitrogens with zero attached hydrogens (tertiary/aromatic N) is 4. The van der Waals surface area contributed by atoms with E-state index in [0.717, 1.165) is 5.56 Å². The first-order valence-electron chi connectivity index (χ1n) is 3.19. The van der Waals surface area contributed by atoms with Crippen LogP contribution < -0.4 is 0 Å². The van der Waals surface area contributed by atoms with Crippen molar-refractivity contribution in [1.29, 1.82) is 0 Å². The second kappa shape index (κ2) is 4.00. The highest BCUT2D eigenvalue weighted by Crippen LogP contribution is 2.11. The van der Waals surface area contributed by atoms with E-state index in [9.17, 15) is 0 Å². The molecule has 1 rings (SSSR count). The van der Waals surface area contributed by atoms with E-state index in [-0.39, 0.29) is 0 Å². The molecule has 5 heteroatoms. The molecule has 60 valence electrons. The van der Waals surface area contributed by atoms with Crippen molar-refractivity contribution in [3.63, 3.8) is 0 Å².